The van der Waals surface area contributed by atoms with E-state index in [0.29, 0.717) is 24.1 Å². The average Bonchev–Trinajstić information content (AvgIpc) is 3.33. The van der Waals surface area contributed by atoms with Gasteiger partial charge in [0.1, 0.15) is 17.4 Å². The Morgan fingerprint density at radius 2 is 1.76 bits per heavy atom. The van der Waals surface area contributed by atoms with Crippen molar-refractivity contribution < 1.29 is 17.5 Å². The van der Waals surface area contributed by atoms with Crippen LogP contribution in [0.25, 0.3) is 22.3 Å². The van der Waals surface area contributed by atoms with E-state index in [2.05, 4.69) is 24.7 Å². The molecule has 0 atom stereocenters. The zero-order chi connectivity index (χ0) is 26.0. The fraction of sp³-hybridized carbons (Fsp3) is 0.148. The highest BCUT2D eigenvalue weighted by atomic mass is 32.2. The molecule has 188 valence electrons. The van der Waals surface area contributed by atoms with Gasteiger partial charge in [0.25, 0.3) is 10.0 Å². The van der Waals surface area contributed by atoms with Crippen LogP contribution in [0.2, 0.25) is 0 Å². The minimum Gasteiger partial charge on any atom is -0.497 e. The van der Waals surface area contributed by atoms with Gasteiger partial charge in [0.15, 0.2) is 5.65 Å². The van der Waals surface area contributed by atoms with Crippen molar-refractivity contribution in [3.63, 3.8) is 0 Å². The van der Waals surface area contributed by atoms with E-state index in [1.807, 2.05) is 12.1 Å². The van der Waals surface area contributed by atoms with Crippen LogP contribution in [0, 0.1) is 12.7 Å². The lowest BCUT2D eigenvalue weighted by Crippen LogP contribution is -2.14. The number of nitrogens with one attached hydrogen (secondary N) is 2. The number of sulfonamides is 1. The van der Waals surface area contributed by atoms with Crippen LogP contribution in [0.3, 0.4) is 0 Å². The number of H-pyrrole nitrogens is 1. The van der Waals surface area contributed by atoms with Crippen molar-refractivity contribution >= 4 is 26.9 Å². The van der Waals surface area contributed by atoms with E-state index in [1.165, 1.54) is 24.3 Å². The quantitative estimate of drug-likeness (QED) is 0.298. The van der Waals surface area contributed by atoms with E-state index in [4.69, 9.17) is 4.74 Å². The molecule has 0 amide bonds. The second kappa shape index (κ2) is 9.98. The van der Waals surface area contributed by atoms with Gasteiger partial charge >= 0.3 is 0 Å². The van der Waals surface area contributed by atoms with Gasteiger partial charge in [-0.25, -0.2) is 22.8 Å². The SMILES string of the molecule is COc1ccnc(CCc2nc3nccc(-c4ccc(S(=O)(=O)Nc5ccc(C)cc5F)cc4)c3[nH]2)c1. The number of anilines is 1. The maximum atomic E-state index is 14.2. The van der Waals surface area contributed by atoms with Crippen molar-refractivity contribution in [2.45, 2.75) is 24.7 Å². The Labute approximate surface area is 213 Å². The number of ether oxygens (including phenoxy) is 1. The number of benzene rings is 2. The van der Waals surface area contributed by atoms with Crippen LogP contribution in [-0.4, -0.2) is 35.5 Å². The largest absolute Gasteiger partial charge is 0.497 e. The first kappa shape index (κ1) is 24.4. The van der Waals surface area contributed by atoms with Gasteiger partial charge in [0.2, 0.25) is 0 Å². The summed E-state index contributed by atoms with van der Waals surface area (Å²) in [6.07, 6.45) is 4.68. The van der Waals surface area contributed by atoms with Crippen LogP contribution in [0.5, 0.6) is 5.75 Å². The number of aryl methyl sites for hydroxylation is 3. The third-order valence-electron chi connectivity index (χ3n) is 5.93. The Morgan fingerprint density at radius 1 is 0.973 bits per heavy atom. The summed E-state index contributed by atoms with van der Waals surface area (Å²) >= 11 is 0. The molecule has 5 aromatic rings. The number of halogens is 1. The predicted molar refractivity (Wildman–Crippen MR) is 139 cm³/mol. The Bertz CT molecular complexity index is 1680. The topological polar surface area (TPSA) is 110 Å². The Balaban J connectivity index is 1.37. The van der Waals surface area contributed by atoms with Gasteiger partial charge in [-0.05, 0) is 60.9 Å². The van der Waals surface area contributed by atoms with E-state index in [1.54, 1.807) is 50.7 Å². The summed E-state index contributed by atoms with van der Waals surface area (Å²) in [6, 6.07) is 16.3. The molecule has 3 aromatic heterocycles. The Morgan fingerprint density at radius 3 is 2.51 bits per heavy atom. The third-order valence-corrected chi connectivity index (χ3v) is 7.31. The molecule has 0 bridgehead atoms. The number of rotatable bonds is 8. The molecule has 0 spiro atoms. The minimum atomic E-state index is -3.96. The van der Waals surface area contributed by atoms with Gasteiger partial charge in [-0.15, -0.1) is 0 Å². The van der Waals surface area contributed by atoms with Crippen LogP contribution < -0.4 is 9.46 Å². The fourth-order valence-corrected chi connectivity index (χ4v) is 5.07. The maximum Gasteiger partial charge on any atom is 0.261 e. The molecule has 5 rings (SSSR count). The van der Waals surface area contributed by atoms with Crippen LogP contribution >= 0.6 is 0 Å². The van der Waals surface area contributed by atoms with E-state index in [9.17, 15) is 12.8 Å². The lowest BCUT2D eigenvalue weighted by molar-refractivity contribution is 0.413. The number of pyridine rings is 2. The van der Waals surface area contributed by atoms with E-state index in [0.717, 1.165) is 33.9 Å². The van der Waals surface area contributed by atoms with Crippen LogP contribution in [0.15, 0.2) is 78.0 Å². The molecule has 2 N–H and O–H groups in total. The van der Waals surface area contributed by atoms with E-state index >= 15 is 0 Å². The standard InChI is InChI=1S/C27H24FN5O3S/c1-17-3-9-24(23(28)15-17)33-37(34,35)21-7-4-18(5-8-21)22-12-14-30-27-26(22)31-25(32-27)10-6-19-16-20(36-2)11-13-29-19/h3-5,7-9,11-16,33H,6,10H2,1-2H3,(H,30,31,32). The molecule has 8 nitrogen and oxygen atoms in total. The molecule has 0 radical (unpaired) electrons. The smallest absolute Gasteiger partial charge is 0.261 e. The fourth-order valence-electron chi connectivity index (χ4n) is 4.00. The number of fused-ring (bicyclic) bond motifs is 1. The molecule has 0 unspecified atom stereocenters. The number of nitrogens with zero attached hydrogens (tertiary/aromatic N) is 3. The highest BCUT2D eigenvalue weighted by molar-refractivity contribution is 7.92. The molecule has 10 heteroatoms. The first-order valence-electron chi connectivity index (χ1n) is 11.5. The highest BCUT2D eigenvalue weighted by Crippen LogP contribution is 2.28. The van der Waals surface area contributed by atoms with Crippen molar-refractivity contribution in [1.29, 1.82) is 0 Å². The van der Waals surface area contributed by atoms with Crippen molar-refractivity contribution in [3.8, 4) is 16.9 Å². The van der Waals surface area contributed by atoms with Crippen molar-refractivity contribution in [2.24, 2.45) is 0 Å². The number of hydrogen-bond acceptors (Lipinski definition) is 6. The molecule has 0 aliphatic carbocycles. The van der Waals surface area contributed by atoms with Gasteiger partial charge in [-0.1, -0.05) is 18.2 Å². The Hall–Kier alpha value is -4.31. The molecule has 3 heterocycles. The first-order valence-corrected chi connectivity index (χ1v) is 13.0. The summed E-state index contributed by atoms with van der Waals surface area (Å²) in [5.41, 5.74) is 4.45. The van der Waals surface area contributed by atoms with E-state index in [-0.39, 0.29) is 10.6 Å². The molecule has 0 saturated carbocycles. The lowest BCUT2D eigenvalue weighted by Gasteiger charge is -2.10. The predicted octanol–water partition coefficient (Wildman–Crippen LogP) is 5.06. The van der Waals surface area contributed by atoms with Crippen molar-refractivity contribution in [3.05, 3.63) is 96.0 Å². The molecular weight excluding hydrogens is 493 g/mol. The normalized spacial score (nSPS) is 11.5. The van der Waals surface area contributed by atoms with Crippen molar-refractivity contribution in [2.75, 3.05) is 11.8 Å². The summed E-state index contributed by atoms with van der Waals surface area (Å²) in [5, 5.41) is 0. The summed E-state index contributed by atoms with van der Waals surface area (Å²) in [5.74, 6) is 0.892. The summed E-state index contributed by atoms with van der Waals surface area (Å²) < 4.78 is 47.4. The maximum absolute atomic E-state index is 14.2. The number of methoxy groups -OCH3 is 1. The third kappa shape index (κ3) is 5.29. The molecule has 0 aliphatic heterocycles. The van der Waals surface area contributed by atoms with Gasteiger partial charge in [-0.3, -0.25) is 9.71 Å². The average molecular weight is 518 g/mol. The second-order valence-electron chi connectivity index (χ2n) is 8.54. The zero-order valence-corrected chi connectivity index (χ0v) is 21.0. The van der Waals surface area contributed by atoms with Gasteiger partial charge < -0.3 is 9.72 Å². The monoisotopic (exact) mass is 517 g/mol. The lowest BCUT2D eigenvalue weighted by atomic mass is 10.1. The molecule has 2 aromatic carbocycles. The molecular formula is C27H24FN5O3S. The Kier molecular flexibility index (Phi) is 6.58. The molecule has 37 heavy (non-hydrogen) atoms. The summed E-state index contributed by atoms with van der Waals surface area (Å²) in [6.45, 7) is 1.73. The number of aromatic amines is 1. The first-order chi connectivity index (χ1) is 17.8. The molecule has 0 saturated heterocycles. The number of imidazole rings is 1. The summed E-state index contributed by atoms with van der Waals surface area (Å²) in [4.78, 5) is 16.7. The number of hydrogen-bond donors (Lipinski definition) is 2. The highest BCUT2D eigenvalue weighted by Gasteiger charge is 2.17. The van der Waals surface area contributed by atoms with Gasteiger partial charge in [-0.2, -0.15) is 0 Å². The minimum absolute atomic E-state index is 0.0256. The number of aromatic nitrogens is 4. The second-order valence-corrected chi connectivity index (χ2v) is 10.2. The zero-order valence-electron chi connectivity index (χ0n) is 20.2. The van der Waals surface area contributed by atoms with Crippen LogP contribution in [0.4, 0.5) is 10.1 Å². The van der Waals surface area contributed by atoms with E-state index < -0.39 is 15.8 Å². The van der Waals surface area contributed by atoms with Gasteiger partial charge in [0.05, 0.1) is 23.2 Å². The van der Waals surface area contributed by atoms with Crippen molar-refractivity contribution in [1.82, 2.24) is 19.9 Å². The van der Waals surface area contributed by atoms with Gasteiger partial charge in [0, 0.05) is 36.1 Å². The van der Waals surface area contributed by atoms with Crippen LogP contribution in [-0.2, 0) is 22.9 Å². The molecule has 0 fully saturated rings. The summed E-state index contributed by atoms with van der Waals surface area (Å²) in [7, 11) is -2.34. The van der Waals surface area contributed by atoms with Crippen LogP contribution in [0.1, 0.15) is 17.1 Å². The molecule has 0 aliphatic rings.